The molecule has 0 saturated carbocycles. The smallest absolute Gasteiger partial charge is 0.305 e. The van der Waals surface area contributed by atoms with Crippen LogP contribution in [-0.4, -0.2) is 42.5 Å². The Morgan fingerprint density at radius 2 is 1.43 bits per heavy atom. The number of hydrogen-bond donors (Lipinski definition) is 3. The molecule has 3 rings (SSSR count). The maximum Gasteiger partial charge on any atom is 0.305 e. The second kappa shape index (κ2) is 8.16. The van der Waals surface area contributed by atoms with Gasteiger partial charge in [0.2, 0.25) is 0 Å². The van der Waals surface area contributed by atoms with Crippen molar-refractivity contribution in [2.45, 2.75) is 13.0 Å². The second-order valence-corrected chi connectivity index (χ2v) is 5.97. The highest BCUT2D eigenvalue weighted by atomic mass is 16.4. The first-order valence-corrected chi connectivity index (χ1v) is 8.38. The van der Waals surface area contributed by atoms with E-state index in [9.17, 15) is 14.4 Å². The van der Waals surface area contributed by atoms with Crippen LogP contribution in [0.25, 0.3) is 0 Å². The number of carboxylic acid groups (broad SMARTS) is 1. The van der Waals surface area contributed by atoms with E-state index in [2.05, 4.69) is 20.8 Å². The predicted octanol–water partition coefficient (Wildman–Crippen LogP) is 1.60. The number of aromatic nitrogens is 4. The molecule has 0 spiro atoms. The fourth-order valence-electron chi connectivity index (χ4n) is 2.38. The minimum atomic E-state index is -0.934. The number of nitrogens with one attached hydrogen (secondary N) is 2. The highest BCUT2D eigenvalue weighted by molar-refractivity contribution is 6.04. The minimum Gasteiger partial charge on any atom is -0.481 e. The zero-order valence-electron chi connectivity index (χ0n) is 15.0. The van der Waals surface area contributed by atoms with Crippen molar-refractivity contribution in [2.75, 3.05) is 10.6 Å². The summed E-state index contributed by atoms with van der Waals surface area (Å²) in [6.07, 6.45) is 3.15. The van der Waals surface area contributed by atoms with Crippen LogP contribution in [0.1, 0.15) is 27.4 Å². The van der Waals surface area contributed by atoms with Crippen LogP contribution in [0.3, 0.4) is 0 Å². The Balaban J connectivity index is 1.57. The first-order valence-electron chi connectivity index (χ1n) is 8.38. The molecule has 0 aliphatic heterocycles. The van der Waals surface area contributed by atoms with E-state index >= 15 is 0 Å². The number of benzene rings is 1. The molecule has 2 aromatic heterocycles. The standard InChI is InChI=1S/C18H18N6O4/c1-23-9-6-14(21-23)17(27)19-12-2-4-13(5-3-12)20-18(28)15-7-10-24(22-15)11-8-16(25)26/h2-7,9-10H,8,11H2,1H3,(H,19,27)(H,20,28)(H,25,26). The third kappa shape index (κ3) is 4.81. The van der Waals surface area contributed by atoms with E-state index in [1.165, 1.54) is 15.4 Å². The number of aliphatic carboxylic acids is 1. The topological polar surface area (TPSA) is 131 Å². The summed E-state index contributed by atoms with van der Waals surface area (Å²) in [6, 6.07) is 9.72. The van der Waals surface area contributed by atoms with Gasteiger partial charge in [0.1, 0.15) is 0 Å². The molecule has 3 N–H and O–H groups in total. The van der Waals surface area contributed by atoms with Crippen molar-refractivity contribution in [3.63, 3.8) is 0 Å². The van der Waals surface area contributed by atoms with Crippen LogP contribution < -0.4 is 10.6 Å². The molecule has 0 saturated heterocycles. The fraction of sp³-hybridized carbons (Fsp3) is 0.167. The molecule has 0 atom stereocenters. The largest absolute Gasteiger partial charge is 0.481 e. The highest BCUT2D eigenvalue weighted by Crippen LogP contribution is 2.15. The fourth-order valence-corrected chi connectivity index (χ4v) is 2.38. The number of aryl methyl sites for hydroxylation is 2. The van der Waals surface area contributed by atoms with Crippen LogP contribution in [0.5, 0.6) is 0 Å². The van der Waals surface area contributed by atoms with Crippen LogP contribution in [-0.2, 0) is 18.4 Å². The Kier molecular flexibility index (Phi) is 5.49. The van der Waals surface area contributed by atoms with Gasteiger partial charge in [-0.1, -0.05) is 0 Å². The zero-order chi connectivity index (χ0) is 20.1. The summed E-state index contributed by atoms with van der Waals surface area (Å²) >= 11 is 0. The molecular formula is C18H18N6O4. The summed E-state index contributed by atoms with van der Waals surface area (Å²) in [7, 11) is 1.73. The normalized spacial score (nSPS) is 10.5. The number of nitrogens with zero attached hydrogens (tertiary/aromatic N) is 4. The quantitative estimate of drug-likeness (QED) is 0.569. The van der Waals surface area contributed by atoms with Crippen LogP contribution in [0.2, 0.25) is 0 Å². The number of anilines is 2. The van der Waals surface area contributed by atoms with Gasteiger partial charge < -0.3 is 15.7 Å². The summed E-state index contributed by atoms with van der Waals surface area (Å²) in [5, 5.41) is 22.2. The van der Waals surface area contributed by atoms with Crippen molar-refractivity contribution in [1.29, 1.82) is 0 Å². The predicted molar refractivity (Wildman–Crippen MR) is 100 cm³/mol. The molecule has 0 bridgehead atoms. The lowest BCUT2D eigenvalue weighted by atomic mass is 10.2. The van der Waals surface area contributed by atoms with Gasteiger partial charge in [-0.3, -0.25) is 23.7 Å². The van der Waals surface area contributed by atoms with Gasteiger partial charge in [-0.15, -0.1) is 0 Å². The molecule has 2 amide bonds. The van der Waals surface area contributed by atoms with Gasteiger partial charge in [-0.25, -0.2) is 0 Å². The lowest BCUT2D eigenvalue weighted by molar-refractivity contribution is -0.137. The molecule has 1 aromatic carbocycles. The van der Waals surface area contributed by atoms with Crippen molar-refractivity contribution in [1.82, 2.24) is 19.6 Å². The molecule has 3 aromatic rings. The van der Waals surface area contributed by atoms with E-state index < -0.39 is 11.9 Å². The van der Waals surface area contributed by atoms with E-state index in [1.807, 2.05) is 0 Å². The van der Waals surface area contributed by atoms with Gasteiger partial charge in [-0.05, 0) is 36.4 Å². The maximum absolute atomic E-state index is 12.2. The third-order valence-corrected chi connectivity index (χ3v) is 3.77. The van der Waals surface area contributed by atoms with Crippen LogP contribution >= 0.6 is 0 Å². The average Bonchev–Trinajstić information content (AvgIpc) is 3.30. The number of hydrogen-bond acceptors (Lipinski definition) is 5. The number of carboxylic acids is 1. The second-order valence-electron chi connectivity index (χ2n) is 5.97. The Hall–Kier alpha value is -3.95. The van der Waals surface area contributed by atoms with Gasteiger partial charge >= 0.3 is 5.97 Å². The maximum atomic E-state index is 12.2. The highest BCUT2D eigenvalue weighted by Gasteiger charge is 2.12. The van der Waals surface area contributed by atoms with Crippen molar-refractivity contribution < 1.29 is 19.5 Å². The molecule has 0 radical (unpaired) electrons. The van der Waals surface area contributed by atoms with E-state index in [0.717, 1.165) is 0 Å². The average molecular weight is 382 g/mol. The monoisotopic (exact) mass is 382 g/mol. The summed E-state index contributed by atoms with van der Waals surface area (Å²) in [4.78, 5) is 34.9. The Morgan fingerprint density at radius 1 is 0.893 bits per heavy atom. The van der Waals surface area contributed by atoms with Gasteiger partial charge in [0.05, 0.1) is 13.0 Å². The van der Waals surface area contributed by atoms with Crippen molar-refractivity contribution in [3.05, 3.63) is 60.2 Å². The number of amides is 2. The summed E-state index contributed by atoms with van der Waals surface area (Å²) < 4.78 is 2.94. The summed E-state index contributed by atoms with van der Waals surface area (Å²) in [5.41, 5.74) is 1.57. The van der Waals surface area contributed by atoms with Crippen molar-refractivity contribution >= 4 is 29.2 Å². The van der Waals surface area contributed by atoms with Crippen LogP contribution in [0, 0.1) is 0 Å². The lowest BCUT2D eigenvalue weighted by Crippen LogP contribution is -2.15. The van der Waals surface area contributed by atoms with Crippen LogP contribution in [0.15, 0.2) is 48.8 Å². The first kappa shape index (κ1) is 18.8. The van der Waals surface area contributed by atoms with Gasteiger partial charge in [0, 0.05) is 30.8 Å². The molecular weight excluding hydrogens is 364 g/mol. The van der Waals surface area contributed by atoms with Crippen molar-refractivity contribution in [3.8, 4) is 0 Å². The molecule has 0 fully saturated rings. The zero-order valence-corrected chi connectivity index (χ0v) is 15.0. The van der Waals surface area contributed by atoms with Gasteiger partial charge in [0.25, 0.3) is 11.8 Å². The lowest BCUT2D eigenvalue weighted by Gasteiger charge is -2.06. The molecule has 10 heteroatoms. The Morgan fingerprint density at radius 3 is 1.93 bits per heavy atom. The molecule has 2 heterocycles. The molecule has 0 aliphatic carbocycles. The number of carbonyl (C=O) groups excluding carboxylic acids is 2. The Bertz CT molecular complexity index is 1010. The number of rotatable bonds is 7. The molecule has 28 heavy (non-hydrogen) atoms. The first-order chi connectivity index (χ1) is 13.4. The Labute approximate surface area is 159 Å². The number of carbonyl (C=O) groups is 3. The van der Waals surface area contributed by atoms with E-state index in [-0.39, 0.29) is 24.6 Å². The molecule has 0 aliphatic rings. The molecule has 10 nitrogen and oxygen atoms in total. The van der Waals surface area contributed by atoms with Crippen LogP contribution in [0.4, 0.5) is 11.4 Å². The molecule has 144 valence electrons. The molecule has 0 unspecified atom stereocenters. The van der Waals surface area contributed by atoms with Crippen molar-refractivity contribution in [2.24, 2.45) is 7.05 Å². The van der Waals surface area contributed by atoms with Gasteiger partial charge in [-0.2, -0.15) is 10.2 Å². The minimum absolute atomic E-state index is 0.0750. The third-order valence-electron chi connectivity index (χ3n) is 3.77. The van der Waals surface area contributed by atoms with E-state index in [0.29, 0.717) is 17.1 Å². The summed E-state index contributed by atoms with van der Waals surface area (Å²) in [6.45, 7) is 0.188. The SMILES string of the molecule is Cn1ccc(C(=O)Nc2ccc(NC(=O)c3ccn(CCC(=O)O)n3)cc2)n1. The van der Waals surface area contributed by atoms with E-state index in [1.54, 1.807) is 49.8 Å². The van der Waals surface area contributed by atoms with E-state index in [4.69, 9.17) is 5.11 Å². The van der Waals surface area contributed by atoms with Gasteiger partial charge in [0.15, 0.2) is 11.4 Å². The summed E-state index contributed by atoms with van der Waals surface area (Å²) in [5.74, 6) is -1.68.